The minimum absolute atomic E-state index is 0.0998. The van der Waals surface area contributed by atoms with Crippen molar-refractivity contribution in [1.29, 1.82) is 0 Å². The topological polar surface area (TPSA) is 75.5 Å². The van der Waals surface area contributed by atoms with E-state index in [1.54, 1.807) is 0 Å². The Morgan fingerprint density at radius 2 is 1.90 bits per heavy atom. The molecule has 2 atom stereocenters. The van der Waals surface area contributed by atoms with Crippen LogP contribution in [0.15, 0.2) is 42.6 Å². The summed E-state index contributed by atoms with van der Waals surface area (Å²) in [5.41, 5.74) is 4.74. The summed E-state index contributed by atoms with van der Waals surface area (Å²) in [6.45, 7) is 3.95. The lowest BCUT2D eigenvalue weighted by atomic mass is 9.85. The first-order valence-corrected chi connectivity index (χ1v) is 13.9. The van der Waals surface area contributed by atoms with Gasteiger partial charge in [-0.25, -0.2) is 9.07 Å². The minimum Gasteiger partial charge on any atom is -0.469 e. The van der Waals surface area contributed by atoms with Gasteiger partial charge in [0.05, 0.1) is 30.4 Å². The fourth-order valence-electron chi connectivity index (χ4n) is 6.00. The third kappa shape index (κ3) is 5.03. The highest BCUT2D eigenvalue weighted by molar-refractivity contribution is 6.06. The normalized spacial score (nSPS) is 19.4. The van der Waals surface area contributed by atoms with Crippen LogP contribution in [-0.2, 0) is 25.4 Å². The number of methoxy groups -OCH3 is 1. The van der Waals surface area contributed by atoms with Crippen molar-refractivity contribution in [1.82, 2.24) is 14.8 Å². The summed E-state index contributed by atoms with van der Waals surface area (Å²) >= 11 is 0. The molecule has 2 saturated heterocycles. The van der Waals surface area contributed by atoms with Gasteiger partial charge >= 0.3 is 5.97 Å². The number of hydrogen-bond donors (Lipinski definition) is 0. The zero-order valence-electron chi connectivity index (χ0n) is 22.5. The maximum atomic E-state index is 14.0. The maximum Gasteiger partial charge on any atom is 0.308 e. The van der Waals surface area contributed by atoms with Crippen molar-refractivity contribution >= 4 is 27.6 Å². The van der Waals surface area contributed by atoms with Gasteiger partial charge in [0, 0.05) is 54.2 Å². The van der Waals surface area contributed by atoms with E-state index < -0.39 is 0 Å². The molecule has 8 heteroatoms. The Hall–Kier alpha value is -3.36. The standard InChI is InChI=1S/C31H34FN3O4/c1-19(31(36)37-2)15-26-24-17-27-22(18-33-35(27)28-5-3-4-12-39-28)16-25(24)29(20-6-8-23(32)9-7-20)30(34-26)21-10-13-38-14-11-21/h6-9,16-19,21,28H,3-5,10-15H2,1-2H3. The van der Waals surface area contributed by atoms with E-state index in [0.29, 0.717) is 19.6 Å². The van der Waals surface area contributed by atoms with E-state index in [1.807, 2.05) is 29.9 Å². The number of esters is 1. The third-order valence-electron chi connectivity index (χ3n) is 8.10. The molecule has 0 bridgehead atoms. The van der Waals surface area contributed by atoms with Gasteiger partial charge in [0.1, 0.15) is 5.82 Å². The number of rotatable bonds is 6. The molecule has 4 aromatic rings. The van der Waals surface area contributed by atoms with Gasteiger partial charge in [-0.2, -0.15) is 5.10 Å². The molecule has 0 N–H and O–H groups in total. The van der Waals surface area contributed by atoms with Crippen LogP contribution in [0.5, 0.6) is 0 Å². The Morgan fingerprint density at radius 3 is 2.62 bits per heavy atom. The van der Waals surface area contributed by atoms with Crippen molar-refractivity contribution in [3.05, 3.63) is 59.8 Å². The summed E-state index contributed by atoms with van der Waals surface area (Å²) < 4.78 is 32.7. The second-order valence-corrected chi connectivity index (χ2v) is 10.7. The van der Waals surface area contributed by atoms with Crippen molar-refractivity contribution in [2.75, 3.05) is 26.9 Å². The highest BCUT2D eigenvalue weighted by Crippen LogP contribution is 2.41. The Bertz CT molecular complexity index is 1490. The lowest BCUT2D eigenvalue weighted by Gasteiger charge is -2.27. The van der Waals surface area contributed by atoms with Gasteiger partial charge in [0.15, 0.2) is 6.23 Å². The molecule has 2 fully saturated rings. The van der Waals surface area contributed by atoms with Crippen molar-refractivity contribution in [3.63, 3.8) is 0 Å². The Morgan fingerprint density at radius 1 is 1.10 bits per heavy atom. The van der Waals surface area contributed by atoms with Gasteiger partial charge in [-0.05, 0) is 67.3 Å². The van der Waals surface area contributed by atoms with Crippen LogP contribution in [-0.4, -0.2) is 47.7 Å². The summed E-state index contributed by atoms with van der Waals surface area (Å²) in [6.07, 6.45) is 7.05. The number of halogens is 1. The van der Waals surface area contributed by atoms with Crippen molar-refractivity contribution in [3.8, 4) is 11.1 Å². The van der Waals surface area contributed by atoms with E-state index in [-0.39, 0.29) is 29.9 Å². The van der Waals surface area contributed by atoms with Crippen molar-refractivity contribution < 1.29 is 23.4 Å². The molecule has 2 aromatic heterocycles. The number of pyridine rings is 1. The Kier molecular flexibility index (Phi) is 7.32. The molecule has 6 rings (SSSR count). The van der Waals surface area contributed by atoms with Crippen LogP contribution in [0, 0.1) is 11.7 Å². The number of hydrogen-bond acceptors (Lipinski definition) is 6. The number of carbonyl (C=O) groups excluding carboxylic acids is 1. The summed E-state index contributed by atoms with van der Waals surface area (Å²) in [5, 5.41) is 7.74. The molecule has 0 aliphatic carbocycles. The van der Waals surface area contributed by atoms with Gasteiger partial charge < -0.3 is 14.2 Å². The zero-order chi connectivity index (χ0) is 26.9. The number of aromatic nitrogens is 3. The molecule has 0 amide bonds. The van der Waals surface area contributed by atoms with Crippen LogP contribution in [0.2, 0.25) is 0 Å². The molecule has 2 aliphatic heterocycles. The summed E-state index contributed by atoms with van der Waals surface area (Å²) in [7, 11) is 1.42. The number of ether oxygens (including phenoxy) is 3. The minimum atomic E-state index is -0.354. The van der Waals surface area contributed by atoms with Crippen LogP contribution < -0.4 is 0 Å². The van der Waals surface area contributed by atoms with Crippen molar-refractivity contribution in [2.45, 2.75) is 57.6 Å². The third-order valence-corrected chi connectivity index (χ3v) is 8.10. The Balaban J connectivity index is 1.61. The zero-order valence-corrected chi connectivity index (χ0v) is 22.5. The SMILES string of the molecule is COC(=O)C(C)Cc1nc(C2CCOCC2)c(-c2ccc(F)cc2)c2cc3cnn(C4CCCCO4)c3cc12. The predicted octanol–water partition coefficient (Wildman–Crippen LogP) is 6.34. The highest BCUT2D eigenvalue weighted by atomic mass is 19.1. The molecule has 204 valence electrons. The average molecular weight is 532 g/mol. The van der Waals surface area contributed by atoms with Crippen LogP contribution in [0.1, 0.15) is 62.6 Å². The van der Waals surface area contributed by atoms with E-state index in [0.717, 1.165) is 82.9 Å². The van der Waals surface area contributed by atoms with Crippen LogP contribution in [0.4, 0.5) is 4.39 Å². The van der Waals surface area contributed by atoms with Crippen LogP contribution in [0.25, 0.3) is 32.8 Å². The van der Waals surface area contributed by atoms with E-state index in [2.05, 4.69) is 12.1 Å². The molecule has 0 spiro atoms. The molecule has 7 nitrogen and oxygen atoms in total. The summed E-state index contributed by atoms with van der Waals surface area (Å²) in [4.78, 5) is 17.8. The molecule has 2 aromatic carbocycles. The molecular weight excluding hydrogens is 497 g/mol. The first-order chi connectivity index (χ1) is 19.0. The largest absolute Gasteiger partial charge is 0.469 e. The highest BCUT2D eigenvalue weighted by Gasteiger charge is 2.27. The number of nitrogens with zero attached hydrogens (tertiary/aromatic N) is 3. The molecule has 2 unspecified atom stereocenters. The molecular formula is C31H34FN3O4. The molecule has 0 saturated carbocycles. The molecule has 4 heterocycles. The fraction of sp³-hybridized carbons (Fsp3) is 0.452. The first-order valence-electron chi connectivity index (χ1n) is 13.9. The molecule has 2 aliphatic rings. The lowest BCUT2D eigenvalue weighted by Crippen LogP contribution is -2.20. The lowest BCUT2D eigenvalue weighted by molar-refractivity contribution is -0.144. The Labute approximate surface area is 227 Å². The van der Waals surface area contributed by atoms with E-state index in [1.165, 1.54) is 19.2 Å². The number of fused-ring (bicyclic) bond motifs is 2. The molecule has 39 heavy (non-hydrogen) atoms. The van der Waals surface area contributed by atoms with E-state index in [4.69, 9.17) is 24.3 Å². The number of benzene rings is 2. The smallest absolute Gasteiger partial charge is 0.308 e. The van der Waals surface area contributed by atoms with Gasteiger partial charge in [-0.15, -0.1) is 0 Å². The number of carbonyl (C=O) groups is 1. The predicted molar refractivity (Wildman–Crippen MR) is 147 cm³/mol. The van der Waals surface area contributed by atoms with Gasteiger partial charge in [-0.3, -0.25) is 9.78 Å². The second kappa shape index (κ2) is 11.0. The van der Waals surface area contributed by atoms with Gasteiger partial charge in [0.25, 0.3) is 0 Å². The van der Waals surface area contributed by atoms with Crippen LogP contribution >= 0.6 is 0 Å². The fourth-order valence-corrected chi connectivity index (χ4v) is 6.00. The second-order valence-electron chi connectivity index (χ2n) is 10.7. The quantitative estimate of drug-likeness (QED) is 0.271. The van der Waals surface area contributed by atoms with Crippen molar-refractivity contribution in [2.24, 2.45) is 5.92 Å². The molecule has 0 radical (unpaired) electrons. The maximum absolute atomic E-state index is 14.0. The first kappa shape index (κ1) is 25.9. The van der Waals surface area contributed by atoms with Gasteiger partial charge in [-0.1, -0.05) is 19.1 Å². The van der Waals surface area contributed by atoms with Gasteiger partial charge in [0.2, 0.25) is 0 Å². The summed E-state index contributed by atoms with van der Waals surface area (Å²) in [6, 6.07) is 11.0. The summed E-state index contributed by atoms with van der Waals surface area (Å²) in [5.74, 6) is -0.693. The van der Waals surface area contributed by atoms with Crippen LogP contribution in [0.3, 0.4) is 0 Å². The van der Waals surface area contributed by atoms with E-state index in [9.17, 15) is 9.18 Å². The monoisotopic (exact) mass is 531 g/mol. The average Bonchev–Trinajstić information content (AvgIpc) is 3.40. The van der Waals surface area contributed by atoms with E-state index >= 15 is 0 Å².